The monoisotopic (exact) mass is 1440 g/mol. The maximum atomic E-state index is 13.1. The molecule has 0 aromatic heterocycles. The maximum Gasteiger partial charge on any atom is 0.472 e. The van der Waals surface area contributed by atoms with Crippen LogP contribution in [0.2, 0.25) is 0 Å². The molecule has 0 aromatic carbocycles. The fourth-order valence-electron chi connectivity index (χ4n) is 12.2. The molecule has 582 valence electrons. The van der Waals surface area contributed by atoms with Crippen LogP contribution >= 0.6 is 15.6 Å². The number of aliphatic hydroxyl groups is 1. The summed E-state index contributed by atoms with van der Waals surface area (Å²) in [5.74, 6) is -1.34. The molecule has 0 rings (SSSR count). The number of rotatable bonds is 79. The van der Waals surface area contributed by atoms with Crippen molar-refractivity contribution in [2.45, 2.75) is 438 Å². The van der Waals surface area contributed by atoms with Gasteiger partial charge in [-0.2, -0.15) is 0 Å². The number of esters is 4. The van der Waals surface area contributed by atoms with Crippen LogP contribution in [-0.4, -0.2) is 96.7 Å². The Morgan fingerprint density at radius 2 is 0.469 bits per heavy atom. The average molecular weight is 1440 g/mol. The van der Waals surface area contributed by atoms with Crippen LogP contribution in [0.1, 0.15) is 420 Å². The van der Waals surface area contributed by atoms with Gasteiger partial charge in [0.05, 0.1) is 26.4 Å². The lowest BCUT2D eigenvalue weighted by Gasteiger charge is -2.21. The fraction of sp³-hybridized carbons (Fsp3) is 0.949. The zero-order valence-corrected chi connectivity index (χ0v) is 65.7. The van der Waals surface area contributed by atoms with Gasteiger partial charge in [0.2, 0.25) is 0 Å². The highest BCUT2D eigenvalue weighted by Crippen LogP contribution is 2.45. The molecule has 5 atom stereocenters. The van der Waals surface area contributed by atoms with Gasteiger partial charge in [-0.15, -0.1) is 0 Å². The predicted molar refractivity (Wildman–Crippen MR) is 400 cm³/mol. The molecule has 0 aromatic rings. The highest BCUT2D eigenvalue weighted by molar-refractivity contribution is 7.47. The number of phosphoric ester groups is 2. The molecule has 0 fully saturated rings. The van der Waals surface area contributed by atoms with Gasteiger partial charge in [-0.25, -0.2) is 9.13 Å². The lowest BCUT2D eigenvalue weighted by Crippen LogP contribution is -2.30. The molecule has 0 heterocycles. The Morgan fingerprint density at radius 3 is 0.694 bits per heavy atom. The number of unbranched alkanes of at least 4 members (excludes halogenated alkanes) is 51. The molecule has 0 aliphatic carbocycles. The zero-order chi connectivity index (χ0) is 71.9. The van der Waals surface area contributed by atoms with Crippen molar-refractivity contribution in [2.24, 2.45) is 5.92 Å². The first-order valence-electron chi connectivity index (χ1n) is 41.1. The summed E-state index contributed by atoms with van der Waals surface area (Å²) < 4.78 is 68.4. The minimum absolute atomic E-state index is 0.106. The Labute approximate surface area is 600 Å². The van der Waals surface area contributed by atoms with E-state index in [9.17, 15) is 43.2 Å². The van der Waals surface area contributed by atoms with Crippen LogP contribution in [0.4, 0.5) is 0 Å². The summed E-state index contributed by atoms with van der Waals surface area (Å²) in [6.45, 7) is 7.23. The number of carbonyl (C=O) groups is 4. The Kier molecular flexibility index (Phi) is 70.6. The van der Waals surface area contributed by atoms with E-state index in [1.807, 2.05) is 0 Å². The summed E-state index contributed by atoms with van der Waals surface area (Å²) in [6.07, 6.45) is 63.0. The summed E-state index contributed by atoms with van der Waals surface area (Å²) in [6, 6.07) is 0. The second-order valence-corrected chi connectivity index (χ2v) is 31.8. The highest BCUT2D eigenvalue weighted by atomic mass is 31.2. The Morgan fingerprint density at radius 1 is 0.276 bits per heavy atom. The number of hydrogen-bond donors (Lipinski definition) is 3. The van der Waals surface area contributed by atoms with Gasteiger partial charge in [-0.3, -0.25) is 37.3 Å². The van der Waals surface area contributed by atoms with E-state index in [0.29, 0.717) is 25.7 Å². The summed E-state index contributed by atoms with van der Waals surface area (Å²) >= 11 is 0. The van der Waals surface area contributed by atoms with E-state index in [1.54, 1.807) is 0 Å². The number of ether oxygens (including phenoxy) is 4. The molecule has 17 nitrogen and oxygen atoms in total. The molecule has 19 heteroatoms. The van der Waals surface area contributed by atoms with Crippen molar-refractivity contribution >= 4 is 39.5 Å². The second kappa shape index (κ2) is 72.0. The number of carbonyl (C=O) groups excluding carboxylic acids is 4. The first kappa shape index (κ1) is 96.1. The lowest BCUT2D eigenvalue weighted by molar-refractivity contribution is -0.161. The molecular formula is C79H154O17P2. The van der Waals surface area contributed by atoms with Crippen molar-refractivity contribution in [3.8, 4) is 0 Å². The van der Waals surface area contributed by atoms with Crippen LogP contribution < -0.4 is 0 Å². The van der Waals surface area contributed by atoms with Crippen molar-refractivity contribution in [1.82, 2.24) is 0 Å². The van der Waals surface area contributed by atoms with Crippen molar-refractivity contribution in [2.75, 3.05) is 39.6 Å². The minimum atomic E-state index is -4.96. The van der Waals surface area contributed by atoms with E-state index in [2.05, 4.69) is 34.6 Å². The van der Waals surface area contributed by atoms with Crippen molar-refractivity contribution in [1.29, 1.82) is 0 Å². The number of phosphoric acid groups is 2. The minimum Gasteiger partial charge on any atom is -0.462 e. The summed E-state index contributed by atoms with van der Waals surface area (Å²) in [7, 11) is -9.90. The molecule has 98 heavy (non-hydrogen) atoms. The zero-order valence-electron chi connectivity index (χ0n) is 63.9. The smallest absolute Gasteiger partial charge is 0.462 e. The van der Waals surface area contributed by atoms with E-state index in [4.69, 9.17) is 37.0 Å². The molecule has 0 bridgehead atoms. The largest absolute Gasteiger partial charge is 0.472 e. The van der Waals surface area contributed by atoms with Gasteiger partial charge in [0, 0.05) is 25.7 Å². The van der Waals surface area contributed by atoms with Crippen LogP contribution in [0.3, 0.4) is 0 Å². The third kappa shape index (κ3) is 72.4. The second-order valence-electron chi connectivity index (χ2n) is 28.9. The Balaban J connectivity index is 5.12. The predicted octanol–water partition coefficient (Wildman–Crippen LogP) is 23.6. The molecule has 0 amide bonds. The molecule has 0 saturated carbocycles. The van der Waals surface area contributed by atoms with E-state index in [-0.39, 0.29) is 25.7 Å². The van der Waals surface area contributed by atoms with E-state index < -0.39 is 97.5 Å². The van der Waals surface area contributed by atoms with Gasteiger partial charge in [0.25, 0.3) is 0 Å². The molecule has 0 aliphatic heterocycles. The molecule has 0 aliphatic rings. The summed E-state index contributed by atoms with van der Waals surface area (Å²) in [4.78, 5) is 72.6. The van der Waals surface area contributed by atoms with Crippen LogP contribution in [0, 0.1) is 5.92 Å². The quantitative estimate of drug-likeness (QED) is 0.0222. The van der Waals surface area contributed by atoms with E-state index in [1.165, 1.54) is 238 Å². The highest BCUT2D eigenvalue weighted by Gasteiger charge is 2.30. The molecule has 0 spiro atoms. The van der Waals surface area contributed by atoms with Gasteiger partial charge in [-0.05, 0) is 31.6 Å². The summed E-state index contributed by atoms with van der Waals surface area (Å²) in [5.41, 5.74) is 0. The van der Waals surface area contributed by atoms with Gasteiger partial charge in [0.1, 0.15) is 19.3 Å². The first-order valence-corrected chi connectivity index (χ1v) is 44.1. The third-order valence-corrected chi connectivity index (χ3v) is 20.4. The Bertz CT molecular complexity index is 1870. The van der Waals surface area contributed by atoms with Crippen molar-refractivity contribution in [3.05, 3.63) is 0 Å². The van der Waals surface area contributed by atoms with Crippen LogP contribution in [0.15, 0.2) is 0 Å². The standard InChI is InChI=1S/C79H154O17P2/c1-6-9-12-15-17-19-21-23-25-27-28-29-30-32-34-36-41-45-49-54-59-65-79(84)96-75(69-90-77(82)63-58-53-48-44-40-35-33-31-26-24-22-20-18-16-13-10-7-2)71-94-98(87,88)92-67-73(80)66-91-97(85,86)93-70-74(68-89-76(81)62-57-51-14-11-8-3)95-78(83)64-60-55-50-46-42-38-37-39-43-47-52-56-61-72(4)5/h72-75,80H,6-71H2,1-5H3,(H,85,86)(H,87,88)/t73-,74+,75+/m0/s1. The third-order valence-electron chi connectivity index (χ3n) is 18.5. The number of aliphatic hydroxyl groups excluding tert-OH is 1. The average Bonchev–Trinajstić information content (AvgIpc) is 0.978. The van der Waals surface area contributed by atoms with Crippen molar-refractivity contribution in [3.63, 3.8) is 0 Å². The maximum absolute atomic E-state index is 13.1. The molecular weight excluding hydrogens is 1280 g/mol. The SMILES string of the molecule is CCCCCCCCCCCCCCCCCCCCCCCC(=O)O[C@H](COC(=O)CCCCCCCCCCCCCCCCCCC)COP(=O)(O)OC[C@@H](O)COP(=O)(O)OC[C@@H](COC(=O)CCCCCCC)OC(=O)CCCCCCCCCCCCCCC(C)C. The normalized spacial score (nSPS) is 13.9. The molecule has 2 unspecified atom stereocenters. The van der Waals surface area contributed by atoms with E-state index >= 15 is 0 Å². The van der Waals surface area contributed by atoms with Gasteiger partial charge in [0.15, 0.2) is 12.2 Å². The lowest BCUT2D eigenvalue weighted by atomic mass is 10.0. The topological polar surface area (TPSA) is 237 Å². The molecule has 3 N–H and O–H groups in total. The fourth-order valence-corrected chi connectivity index (χ4v) is 13.8. The van der Waals surface area contributed by atoms with E-state index in [0.717, 1.165) is 102 Å². The molecule has 0 saturated heterocycles. The van der Waals surface area contributed by atoms with Gasteiger partial charge < -0.3 is 33.8 Å². The van der Waals surface area contributed by atoms with Crippen LogP contribution in [-0.2, 0) is 65.4 Å². The van der Waals surface area contributed by atoms with Crippen LogP contribution in [0.25, 0.3) is 0 Å². The number of hydrogen-bond acceptors (Lipinski definition) is 15. The summed E-state index contributed by atoms with van der Waals surface area (Å²) in [5, 5.41) is 10.6. The first-order chi connectivity index (χ1) is 47.5. The van der Waals surface area contributed by atoms with Crippen LogP contribution in [0.5, 0.6) is 0 Å². The Hall–Kier alpha value is -1.94. The molecule has 0 radical (unpaired) electrons. The van der Waals surface area contributed by atoms with Gasteiger partial charge >= 0.3 is 39.5 Å². The van der Waals surface area contributed by atoms with Gasteiger partial charge in [-0.1, -0.05) is 369 Å². The van der Waals surface area contributed by atoms with Crippen molar-refractivity contribution < 1.29 is 80.2 Å².